The van der Waals surface area contributed by atoms with Gasteiger partial charge in [0, 0.05) is 5.71 Å². The number of nitrogens with zero attached hydrogens (tertiary/aromatic N) is 2. The number of carbonyl (C=O) groups is 1. The monoisotopic (exact) mass is 442 g/mol. The lowest BCUT2D eigenvalue weighted by molar-refractivity contribution is -0.318. The van der Waals surface area contributed by atoms with Gasteiger partial charge in [0.25, 0.3) is 5.72 Å². The third kappa shape index (κ3) is 4.12. The number of hydrazone groups is 1. The maximum atomic E-state index is 14.2. The number of hydrogen-bond acceptors (Lipinski definition) is 5. The van der Waals surface area contributed by atoms with Crippen molar-refractivity contribution < 1.29 is 32.5 Å². The van der Waals surface area contributed by atoms with Gasteiger partial charge >= 0.3 is 6.18 Å². The number of carbonyl (C=O) groups excluding carboxylic acids is 1. The van der Waals surface area contributed by atoms with Gasteiger partial charge in [-0.25, -0.2) is 0 Å². The van der Waals surface area contributed by atoms with Gasteiger partial charge in [0.1, 0.15) is 0 Å². The predicted octanol–water partition coefficient (Wildman–Crippen LogP) is 4.16. The zero-order valence-electron chi connectivity index (χ0n) is 18.4. The van der Waals surface area contributed by atoms with E-state index >= 15 is 0 Å². The molecule has 1 aliphatic heterocycles. The smallest absolute Gasteiger partial charge is 0.439 e. The Bertz CT molecular complexity index is 878. The molecule has 2 aliphatic rings. The van der Waals surface area contributed by atoms with Crippen LogP contribution in [-0.2, 0) is 11.2 Å². The molecule has 1 fully saturated rings. The topological polar surface area (TPSA) is 71.4 Å². The number of halogens is 3. The minimum atomic E-state index is -5.05. The molecule has 1 aromatic carbocycles. The van der Waals surface area contributed by atoms with E-state index in [2.05, 4.69) is 5.10 Å². The predicted molar refractivity (Wildman–Crippen MR) is 109 cm³/mol. The van der Waals surface area contributed by atoms with Crippen LogP contribution >= 0.6 is 0 Å². The van der Waals surface area contributed by atoms with E-state index < -0.39 is 23.7 Å². The van der Waals surface area contributed by atoms with Crippen molar-refractivity contribution in [3.8, 4) is 11.5 Å². The summed E-state index contributed by atoms with van der Waals surface area (Å²) in [5.74, 6) is -1.42. The lowest BCUT2D eigenvalue weighted by Gasteiger charge is -2.42. The molecule has 3 atom stereocenters. The minimum Gasteiger partial charge on any atom is -0.493 e. The number of benzene rings is 1. The van der Waals surface area contributed by atoms with Crippen LogP contribution in [0.4, 0.5) is 13.2 Å². The van der Waals surface area contributed by atoms with Crippen molar-refractivity contribution in [2.75, 3.05) is 14.2 Å². The number of alkyl halides is 3. The van der Waals surface area contributed by atoms with Crippen molar-refractivity contribution in [3.05, 3.63) is 23.8 Å². The normalized spacial score (nSPS) is 26.4. The van der Waals surface area contributed by atoms with Crippen LogP contribution in [0.1, 0.15) is 45.6 Å². The van der Waals surface area contributed by atoms with Gasteiger partial charge in [0.15, 0.2) is 11.5 Å². The van der Waals surface area contributed by atoms with Crippen LogP contribution < -0.4 is 9.47 Å². The van der Waals surface area contributed by atoms with E-state index in [1.165, 1.54) is 20.3 Å². The van der Waals surface area contributed by atoms with E-state index in [0.717, 1.165) is 0 Å². The summed E-state index contributed by atoms with van der Waals surface area (Å²) in [5.41, 5.74) is -2.90. The third-order valence-electron chi connectivity index (χ3n) is 6.39. The highest BCUT2D eigenvalue weighted by Gasteiger charge is 2.69. The van der Waals surface area contributed by atoms with Gasteiger partial charge in [-0.3, -0.25) is 4.79 Å². The van der Waals surface area contributed by atoms with E-state index in [-0.39, 0.29) is 34.9 Å². The molecule has 0 spiro atoms. The summed E-state index contributed by atoms with van der Waals surface area (Å²) in [5, 5.41) is 15.2. The number of methoxy groups -OCH3 is 2. The summed E-state index contributed by atoms with van der Waals surface area (Å²) >= 11 is 0. The Morgan fingerprint density at radius 3 is 2.42 bits per heavy atom. The SMILES string of the molecule is COc1ccc(CC(=O)N2N=C3CC[C@H](C(C)(C)C)C[C@H]3[C@@]2(O)C(F)(F)F)cc1OC. The Labute approximate surface area is 180 Å². The Kier molecular flexibility index (Phi) is 6.03. The van der Waals surface area contributed by atoms with Gasteiger partial charge in [0.2, 0.25) is 5.91 Å². The first-order valence-electron chi connectivity index (χ1n) is 10.2. The second-order valence-electron chi connectivity index (χ2n) is 9.28. The second-order valence-corrected chi connectivity index (χ2v) is 9.28. The van der Waals surface area contributed by atoms with Crippen LogP contribution in [0.2, 0.25) is 0 Å². The summed E-state index contributed by atoms with van der Waals surface area (Å²) in [6, 6.07) is 4.66. The van der Waals surface area contributed by atoms with Crippen LogP contribution in [0.5, 0.6) is 11.5 Å². The fraction of sp³-hybridized carbons (Fsp3) is 0.636. The fourth-order valence-corrected chi connectivity index (χ4v) is 4.49. The van der Waals surface area contributed by atoms with Gasteiger partial charge < -0.3 is 14.6 Å². The minimum absolute atomic E-state index is 0.0220. The van der Waals surface area contributed by atoms with Crippen LogP contribution in [0.3, 0.4) is 0 Å². The molecule has 3 rings (SSSR count). The largest absolute Gasteiger partial charge is 0.493 e. The molecular formula is C22H29F3N2O4. The molecule has 172 valence electrons. The van der Waals surface area contributed by atoms with Crippen molar-refractivity contribution in [3.63, 3.8) is 0 Å². The summed E-state index contributed by atoms with van der Waals surface area (Å²) in [7, 11) is 2.88. The molecule has 1 amide bonds. The molecule has 6 nitrogen and oxygen atoms in total. The van der Waals surface area contributed by atoms with Crippen LogP contribution in [0.15, 0.2) is 23.3 Å². The lowest BCUT2D eigenvalue weighted by atomic mass is 9.66. The summed E-state index contributed by atoms with van der Waals surface area (Å²) in [6.07, 6.45) is -4.30. The lowest BCUT2D eigenvalue weighted by Crippen LogP contribution is -2.62. The molecule has 0 bridgehead atoms. The first kappa shape index (κ1) is 23.4. The molecule has 1 saturated carbocycles. The number of ether oxygens (including phenoxy) is 2. The molecular weight excluding hydrogens is 413 g/mol. The van der Waals surface area contributed by atoms with Gasteiger partial charge in [-0.1, -0.05) is 26.8 Å². The molecule has 1 aliphatic carbocycles. The average molecular weight is 442 g/mol. The zero-order valence-corrected chi connectivity index (χ0v) is 18.4. The van der Waals surface area contributed by atoms with Crippen LogP contribution in [0.25, 0.3) is 0 Å². The van der Waals surface area contributed by atoms with E-state index in [0.29, 0.717) is 29.9 Å². The zero-order chi connectivity index (χ0) is 23.2. The average Bonchev–Trinajstić information content (AvgIpc) is 3.00. The van der Waals surface area contributed by atoms with Gasteiger partial charge in [0.05, 0.1) is 26.6 Å². The quantitative estimate of drug-likeness (QED) is 0.760. The van der Waals surface area contributed by atoms with Crippen molar-refractivity contribution in [1.29, 1.82) is 0 Å². The standard InChI is InChI=1S/C22H29F3N2O4/c1-20(2,3)14-7-8-16-15(12-14)21(29,22(23,24)25)27(26-16)19(28)11-13-6-9-17(30-4)18(10-13)31-5/h6,9-10,14-15,29H,7-8,11-12H2,1-5H3/t14-,15+,21+/m0/s1. The van der Waals surface area contributed by atoms with Crippen LogP contribution in [-0.4, -0.2) is 47.9 Å². The molecule has 0 aromatic heterocycles. The molecule has 31 heavy (non-hydrogen) atoms. The fourth-order valence-electron chi connectivity index (χ4n) is 4.49. The van der Waals surface area contributed by atoms with Crippen molar-refractivity contribution >= 4 is 11.6 Å². The summed E-state index contributed by atoms with van der Waals surface area (Å²) in [4.78, 5) is 12.9. The Morgan fingerprint density at radius 1 is 1.23 bits per heavy atom. The highest BCUT2D eigenvalue weighted by molar-refractivity contribution is 5.93. The second kappa shape index (κ2) is 8.00. The van der Waals surface area contributed by atoms with Gasteiger partial charge in [-0.15, -0.1) is 0 Å². The number of aliphatic hydroxyl groups is 1. The van der Waals surface area contributed by atoms with E-state index in [9.17, 15) is 23.1 Å². The Hall–Kier alpha value is -2.29. The van der Waals surface area contributed by atoms with E-state index in [1.54, 1.807) is 12.1 Å². The van der Waals surface area contributed by atoms with Gasteiger partial charge in [-0.05, 0) is 48.3 Å². The maximum Gasteiger partial charge on any atom is 0.439 e. The maximum absolute atomic E-state index is 14.2. The Morgan fingerprint density at radius 2 is 1.87 bits per heavy atom. The van der Waals surface area contributed by atoms with E-state index in [1.807, 2.05) is 20.8 Å². The van der Waals surface area contributed by atoms with Crippen molar-refractivity contribution in [1.82, 2.24) is 5.01 Å². The number of amides is 1. The molecule has 1 aromatic rings. The molecule has 1 N–H and O–H groups in total. The summed E-state index contributed by atoms with van der Waals surface area (Å²) < 4.78 is 52.8. The van der Waals surface area contributed by atoms with Crippen LogP contribution in [0, 0.1) is 17.3 Å². The molecule has 1 heterocycles. The van der Waals surface area contributed by atoms with E-state index in [4.69, 9.17) is 9.47 Å². The molecule has 9 heteroatoms. The molecule has 0 unspecified atom stereocenters. The highest BCUT2D eigenvalue weighted by Crippen LogP contribution is 2.52. The van der Waals surface area contributed by atoms with Crippen molar-refractivity contribution in [2.45, 2.75) is 58.4 Å². The summed E-state index contributed by atoms with van der Waals surface area (Å²) in [6.45, 7) is 5.92. The van der Waals surface area contributed by atoms with Gasteiger partial charge in [-0.2, -0.15) is 23.3 Å². The molecule has 0 saturated heterocycles. The first-order valence-corrected chi connectivity index (χ1v) is 10.2. The van der Waals surface area contributed by atoms with Crippen molar-refractivity contribution in [2.24, 2.45) is 22.4 Å². The third-order valence-corrected chi connectivity index (χ3v) is 6.39. The Balaban J connectivity index is 1.91. The number of hydrogen-bond donors (Lipinski definition) is 1. The highest BCUT2D eigenvalue weighted by atomic mass is 19.4. The first-order chi connectivity index (χ1) is 14.3. The molecule has 0 radical (unpaired) electrons. The number of fused-ring (bicyclic) bond motifs is 1. The number of rotatable bonds is 4.